The van der Waals surface area contributed by atoms with E-state index in [-0.39, 0.29) is 5.92 Å². The lowest BCUT2D eigenvalue weighted by atomic mass is 10.2. The first-order valence-corrected chi connectivity index (χ1v) is 5.54. The summed E-state index contributed by atoms with van der Waals surface area (Å²) in [5.41, 5.74) is 0. The van der Waals surface area contributed by atoms with Crippen molar-refractivity contribution in [2.75, 3.05) is 5.33 Å². The molecule has 0 bridgehead atoms. The molecule has 0 fully saturated rings. The molecule has 3 nitrogen and oxygen atoms in total. The molecule has 0 aromatic heterocycles. The van der Waals surface area contributed by atoms with Gasteiger partial charge in [-0.25, -0.2) is 0 Å². The molecule has 0 rings (SSSR count). The standard InChI is InChI=1S/C5H11BrO3S/c1-4(3-6)5(2)10(7,8)9/h4-5H,3H2,1-2H3,(H,7,8,9). The van der Waals surface area contributed by atoms with Crippen LogP contribution in [0.3, 0.4) is 0 Å². The lowest BCUT2D eigenvalue weighted by Gasteiger charge is -2.13. The van der Waals surface area contributed by atoms with Crippen molar-refractivity contribution in [2.45, 2.75) is 19.1 Å². The highest BCUT2D eigenvalue weighted by Gasteiger charge is 2.22. The number of rotatable bonds is 3. The van der Waals surface area contributed by atoms with E-state index in [1.165, 1.54) is 6.92 Å². The first-order chi connectivity index (χ1) is 4.39. The summed E-state index contributed by atoms with van der Waals surface area (Å²) >= 11 is 3.13. The van der Waals surface area contributed by atoms with Crippen LogP contribution in [0.25, 0.3) is 0 Å². The van der Waals surface area contributed by atoms with Crippen LogP contribution < -0.4 is 0 Å². The van der Waals surface area contributed by atoms with Crippen LogP contribution in [-0.4, -0.2) is 23.6 Å². The van der Waals surface area contributed by atoms with Gasteiger partial charge in [-0.1, -0.05) is 22.9 Å². The molecule has 0 spiro atoms. The molecule has 5 heteroatoms. The first kappa shape index (κ1) is 10.4. The maximum absolute atomic E-state index is 10.5. The predicted octanol–water partition coefficient (Wildman–Crippen LogP) is 1.29. The summed E-state index contributed by atoms with van der Waals surface area (Å²) in [6, 6.07) is 0. The lowest BCUT2D eigenvalue weighted by molar-refractivity contribution is 0.451. The van der Waals surface area contributed by atoms with Crippen molar-refractivity contribution in [2.24, 2.45) is 5.92 Å². The molecule has 2 atom stereocenters. The lowest BCUT2D eigenvalue weighted by Crippen LogP contribution is -2.25. The zero-order valence-corrected chi connectivity index (χ0v) is 8.31. The topological polar surface area (TPSA) is 54.4 Å². The minimum atomic E-state index is -3.84. The van der Waals surface area contributed by atoms with Crippen molar-refractivity contribution in [3.8, 4) is 0 Å². The largest absolute Gasteiger partial charge is 0.285 e. The molecule has 0 aliphatic heterocycles. The van der Waals surface area contributed by atoms with E-state index >= 15 is 0 Å². The summed E-state index contributed by atoms with van der Waals surface area (Å²) in [6.45, 7) is 3.24. The van der Waals surface area contributed by atoms with Crippen molar-refractivity contribution < 1.29 is 13.0 Å². The van der Waals surface area contributed by atoms with Gasteiger partial charge in [-0.2, -0.15) is 8.42 Å². The van der Waals surface area contributed by atoms with Gasteiger partial charge >= 0.3 is 0 Å². The van der Waals surface area contributed by atoms with E-state index < -0.39 is 15.4 Å². The predicted molar refractivity (Wildman–Crippen MR) is 44.0 cm³/mol. The van der Waals surface area contributed by atoms with Gasteiger partial charge < -0.3 is 0 Å². The Morgan fingerprint density at radius 2 is 1.90 bits per heavy atom. The van der Waals surface area contributed by atoms with Crippen molar-refractivity contribution in [3.63, 3.8) is 0 Å². The van der Waals surface area contributed by atoms with Gasteiger partial charge in [-0.05, 0) is 12.8 Å². The average molecular weight is 231 g/mol. The highest BCUT2D eigenvalue weighted by atomic mass is 79.9. The molecule has 0 aliphatic carbocycles. The SMILES string of the molecule is CC(CBr)C(C)S(=O)(=O)O. The van der Waals surface area contributed by atoms with Crippen LogP contribution in [-0.2, 0) is 10.1 Å². The highest BCUT2D eigenvalue weighted by Crippen LogP contribution is 2.12. The van der Waals surface area contributed by atoms with E-state index in [0.717, 1.165) is 0 Å². The van der Waals surface area contributed by atoms with Crippen molar-refractivity contribution in [1.82, 2.24) is 0 Å². The highest BCUT2D eigenvalue weighted by molar-refractivity contribution is 9.09. The Labute approximate surface area is 69.7 Å². The Balaban J connectivity index is 4.23. The van der Waals surface area contributed by atoms with Crippen LogP contribution in [0.2, 0.25) is 0 Å². The Bertz CT molecular complexity index is 187. The average Bonchev–Trinajstić information content (AvgIpc) is 1.83. The molecule has 0 saturated carbocycles. The Kier molecular flexibility index (Phi) is 3.83. The van der Waals surface area contributed by atoms with E-state index in [2.05, 4.69) is 15.9 Å². The summed E-state index contributed by atoms with van der Waals surface area (Å²) in [6.07, 6.45) is 0. The fourth-order valence-electron chi connectivity index (χ4n) is 0.419. The fourth-order valence-corrected chi connectivity index (χ4v) is 1.91. The van der Waals surface area contributed by atoms with Gasteiger partial charge in [-0.15, -0.1) is 0 Å². The zero-order valence-electron chi connectivity index (χ0n) is 5.91. The molecule has 0 radical (unpaired) electrons. The summed E-state index contributed by atoms with van der Waals surface area (Å²) in [5, 5.41) is -0.111. The van der Waals surface area contributed by atoms with Crippen LogP contribution in [0.5, 0.6) is 0 Å². The Morgan fingerprint density at radius 1 is 1.50 bits per heavy atom. The molecular weight excluding hydrogens is 220 g/mol. The van der Waals surface area contributed by atoms with Gasteiger partial charge in [0.15, 0.2) is 0 Å². The monoisotopic (exact) mass is 230 g/mol. The molecular formula is C5H11BrO3S. The second kappa shape index (κ2) is 3.69. The van der Waals surface area contributed by atoms with Gasteiger partial charge in [0.2, 0.25) is 0 Å². The van der Waals surface area contributed by atoms with E-state index in [4.69, 9.17) is 4.55 Å². The molecule has 0 aliphatic rings. The van der Waals surface area contributed by atoms with Crippen LogP contribution in [0.15, 0.2) is 0 Å². The van der Waals surface area contributed by atoms with Crippen LogP contribution in [0.4, 0.5) is 0 Å². The smallest absolute Gasteiger partial charge is 0.267 e. The molecule has 0 heterocycles. The number of hydrogen-bond donors (Lipinski definition) is 1. The molecule has 2 unspecified atom stereocenters. The van der Waals surface area contributed by atoms with E-state index in [0.29, 0.717) is 5.33 Å². The summed E-state index contributed by atoms with van der Waals surface area (Å²) < 4.78 is 29.5. The fraction of sp³-hybridized carbons (Fsp3) is 1.00. The Hall–Kier alpha value is 0.390. The van der Waals surface area contributed by atoms with Crippen LogP contribution in [0.1, 0.15) is 13.8 Å². The van der Waals surface area contributed by atoms with Crippen LogP contribution >= 0.6 is 15.9 Å². The molecule has 1 N–H and O–H groups in total. The van der Waals surface area contributed by atoms with E-state index in [1.807, 2.05) is 0 Å². The third-order valence-corrected chi connectivity index (χ3v) is 3.94. The molecule has 10 heavy (non-hydrogen) atoms. The number of alkyl halides is 1. The normalized spacial score (nSPS) is 18.4. The second-order valence-electron chi connectivity index (χ2n) is 2.35. The van der Waals surface area contributed by atoms with Gasteiger partial charge in [0, 0.05) is 5.33 Å². The van der Waals surface area contributed by atoms with Gasteiger partial charge in [0.25, 0.3) is 10.1 Å². The molecule has 0 saturated heterocycles. The number of halogens is 1. The molecule has 0 aromatic carbocycles. The molecule has 0 amide bonds. The van der Waals surface area contributed by atoms with Crippen LogP contribution in [0, 0.1) is 5.92 Å². The number of hydrogen-bond acceptors (Lipinski definition) is 2. The zero-order chi connectivity index (χ0) is 8.36. The third kappa shape index (κ3) is 2.98. The van der Waals surface area contributed by atoms with Crippen molar-refractivity contribution in [1.29, 1.82) is 0 Å². The minimum absolute atomic E-state index is 0.0602. The summed E-state index contributed by atoms with van der Waals surface area (Å²) in [4.78, 5) is 0. The van der Waals surface area contributed by atoms with E-state index in [9.17, 15) is 8.42 Å². The minimum Gasteiger partial charge on any atom is -0.285 e. The van der Waals surface area contributed by atoms with Crippen molar-refractivity contribution in [3.05, 3.63) is 0 Å². The quantitative estimate of drug-likeness (QED) is 0.588. The second-order valence-corrected chi connectivity index (χ2v) is 4.77. The molecule has 0 aromatic rings. The summed E-state index contributed by atoms with van der Waals surface area (Å²) in [5.74, 6) is -0.0602. The van der Waals surface area contributed by atoms with Gasteiger partial charge in [-0.3, -0.25) is 4.55 Å². The van der Waals surface area contributed by atoms with E-state index in [1.54, 1.807) is 6.92 Å². The maximum Gasteiger partial charge on any atom is 0.267 e. The van der Waals surface area contributed by atoms with Gasteiger partial charge in [0.05, 0.1) is 5.25 Å². The van der Waals surface area contributed by atoms with Crippen molar-refractivity contribution >= 4 is 26.0 Å². The third-order valence-electron chi connectivity index (χ3n) is 1.51. The Morgan fingerprint density at radius 3 is 2.00 bits per heavy atom. The maximum atomic E-state index is 10.5. The van der Waals surface area contributed by atoms with Gasteiger partial charge in [0.1, 0.15) is 0 Å². The summed E-state index contributed by atoms with van der Waals surface area (Å²) in [7, 11) is -3.84. The molecule has 62 valence electrons. The first-order valence-electron chi connectivity index (χ1n) is 2.92.